The zero-order valence-corrected chi connectivity index (χ0v) is 17.2. The number of thiophene rings is 1. The maximum absolute atomic E-state index is 5.67. The van der Waals surface area contributed by atoms with Crippen LogP contribution in [0.5, 0.6) is 0 Å². The van der Waals surface area contributed by atoms with Crippen LogP contribution in [0.15, 0.2) is 70.1 Å². The molecule has 1 aliphatic heterocycles. The van der Waals surface area contributed by atoms with Gasteiger partial charge in [-0.2, -0.15) is 16.4 Å². The SMILES string of the molecule is CN1CCN(C(c2ccc(-c3ccsc3)cc2)c2c[nH]nc2-c2ccco2)CC1. The predicted molar refractivity (Wildman–Crippen MR) is 117 cm³/mol. The van der Waals surface area contributed by atoms with Crippen molar-refractivity contribution in [2.75, 3.05) is 33.2 Å². The fourth-order valence-electron chi connectivity index (χ4n) is 4.07. The van der Waals surface area contributed by atoms with Crippen molar-refractivity contribution < 1.29 is 4.42 Å². The summed E-state index contributed by atoms with van der Waals surface area (Å²) in [7, 11) is 2.19. The molecule has 5 nitrogen and oxygen atoms in total. The molecule has 0 bridgehead atoms. The van der Waals surface area contributed by atoms with Crippen LogP contribution >= 0.6 is 11.3 Å². The summed E-state index contributed by atoms with van der Waals surface area (Å²) in [4.78, 5) is 4.94. The Morgan fingerprint density at radius 1 is 1.03 bits per heavy atom. The van der Waals surface area contributed by atoms with Crippen molar-refractivity contribution in [3.05, 3.63) is 76.8 Å². The lowest BCUT2D eigenvalue weighted by atomic mass is 9.94. The number of aromatic nitrogens is 2. The van der Waals surface area contributed by atoms with Gasteiger partial charge in [-0.1, -0.05) is 24.3 Å². The molecule has 1 atom stereocenters. The van der Waals surface area contributed by atoms with Crippen LogP contribution in [0, 0.1) is 0 Å². The minimum atomic E-state index is 0.138. The van der Waals surface area contributed by atoms with Gasteiger partial charge in [0.2, 0.25) is 0 Å². The maximum Gasteiger partial charge on any atom is 0.154 e. The number of nitrogens with zero attached hydrogens (tertiary/aromatic N) is 3. The summed E-state index contributed by atoms with van der Waals surface area (Å²) < 4.78 is 5.67. The largest absolute Gasteiger partial charge is 0.463 e. The number of hydrogen-bond acceptors (Lipinski definition) is 5. The smallest absolute Gasteiger partial charge is 0.154 e. The van der Waals surface area contributed by atoms with Gasteiger partial charge in [-0.3, -0.25) is 10.00 Å². The summed E-state index contributed by atoms with van der Waals surface area (Å²) in [5, 5.41) is 11.9. The second-order valence-corrected chi connectivity index (χ2v) is 8.32. The zero-order valence-electron chi connectivity index (χ0n) is 16.4. The zero-order chi connectivity index (χ0) is 19.6. The van der Waals surface area contributed by atoms with E-state index in [2.05, 4.69) is 68.1 Å². The van der Waals surface area contributed by atoms with Gasteiger partial charge in [-0.05, 0) is 52.7 Å². The van der Waals surface area contributed by atoms with Gasteiger partial charge in [0.05, 0.1) is 12.3 Å². The molecule has 29 heavy (non-hydrogen) atoms. The van der Waals surface area contributed by atoms with Crippen LogP contribution in [0.25, 0.3) is 22.6 Å². The Morgan fingerprint density at radius 2 is 1.86 bits per heavy atom. The van der Waals surface area contributed by atoms with Crippen LogP contribution in [-0.2, 0) is 0 Å². The minimum absolute atomic E-state index is 0.138. The molecule has 1 saturated heterocycles. The Balaban J connectivity index is 1.54. The quantitative estimate of drug-likeness (QED) is 0.522. The molecule has 0 amide bonds. The Labute approximate surface area is 174 Å². The summed E-state index contributed by atoms with van der Waals surface area (Å²) in [5.74, 6) is 0.801. The molecule has 1 aliphatic rings. The van der Waals surface area contributed by atoms with E-state index in [1.807, 2.05) is 18.3 Å². The monoisotopic (exact) mass is 404 g/mol. The van der Waals surface area contributed by atoms with Gasteiger partial charge in [0.15, 0.2) is 5.76 Å². The molecule has 1 N–H and O–H groups in total. The van der Waals surface area contributed by atoms with Gasteiger partial charge in [0.1, 0.15) is 5.69 Å². The second kappa shape index (κ2) is 7.99. The van der Waals surface area contributed by atoms with Gasteiger partial charge >= 0.3 is 0 Å². The van der Waals surface area contributed by atoms with Crippen molar-refractivity contribution in [2.45, 2.75) is 6.04 Å². The van der Waals surface area contributed by atoms with E-state index in [4.69, 9.17) is 4.42 Å². The van der Waals surface area contributed by atoms with Crippen LogP contribution in [0.1, 0.15) is 17.2 Å². The first-order chi connectivity index (χ1) is 14.3. The number of nitrogens with one attached hydrogen (secondary N) is 1. The summed E-state index contributed by atoms with van der Waals surface area (Å²) in [6, 6.07) is 15.2. The van der Waals surface area contributed by atoms with Crippen LogP contribution in [0.3, 0.4) is 0 Å². The van der Waals surface area contributed by atoms with E-state index in [0.717, 1.165) is 43.2 Å². The van der Waals surface area contributed by atoms with E-state index in [-0.39, 0.29) is 6.04 Å². The third-order valence-corrected chi connectivity index (χ3v) is 6.39. The minimum Gasteiger partial charge on any atom is -0.463 e. The van der Waals surface area contributed by atoms with Gasteiger partial charge in [0, 0.05) is 37.9 Å². The van der Waals surface area contributed by atoms with Crippen molar-refractivity contribution in [3.8, 4) is 22.6 Å². The van der Waals surface area contributed by atoms with Crippen LogP contribution < -0.4 is 0 Å². The number of aromatic amines is 1. The molecule has 148 valence electrons. The van der Waals surface area contributed by atoms with Gasteiger partial charge in [-0.25, -0.2) is 0 Å². The van der Waals surface area contributed by atoms with Crippen molar-refractivity contribution >= 4 is 11.3 Å². The highest BCUT2D eigenvalue weighted by atomic mass is 32.1. The lowest BCUT2D eigenvalue weighted by Gasteiger charge is -2.38. The first-order valence-corrected chi connectivity index (χ1v) is 10.9. The molecule has 1 aromatic carbocycles. The van der Waals surface area contributed by atoms with Crippen molar-refractivity contribution in [2.24, 2.45) is 0 Å². The Morgan fingerprint density at radius 3 is 2.55 bits per heavy atom. The third kappa shape index (κ3) is 3.67. The third-order valence-electron chi connectivity index (χ3n) is 5.70. The number of H-pyrrole nitrogens is 1. The molecule has 5 rings (SSSR count). The Kier molecular flexibility index (Phi) is 5.06. The normalized spacial score (nSPS) is 16.9. The second-order valence-electron chi connectivity index (χ2n) is 7.54. The van der Waals surface area contributed by atoms with Crippen LogP contribution in [-0.4, -0.2) is 53.2 Å². The fraction of sp³-hybridized carbons (Fsp3) is 0.261. The standard InChI is InChI=1S/C23H24N4OS/c1-26-9-11-27(12-10-26)23(20-15-24-25-22(20)21-3-2-13-28-21)18-6-4-17(5-7-18)19-8-14-29-16-19/h2-8,13-16,23H,9-12H2,1H3,(H,24,25). The average Bonchev–Trinajstić information content (AvgIpc) is 3.52. The molecule has 0 spiro atoms. The highest BCUT2D eigenvalue weighted by Gasteiger charge is 2.29. The molecule has 0 aliphatic carbocycles. The van der Waals surface area contributed by atoms with Crippen molar-refractivity contribution in [1.82, 2.24) is 20.0 Å². The highest BCUT2D eigenvalue weighted by molar-refractivity contribution is 7.08. The number of furan rings is 1. The molecular weight excluding hydrogens is 380 g/mol. The lowest BCUT2D eigenvalue weighted by molar-refractivity contribution is 0.127. The molecule has 0 radical (unpaired) electrons. The predicted octanol–water partition coefficient (Wildman–Crippen LogP) is 4.74. The summed E-state index contributed by atoms with van der Waals surface area (Å²) >= 11 is 1.73. The van der Waals surface area contributed by atoms with E-state index in [0.29, 0.717) is 0 Å². The van der Waals surface area contributed by atoms with E-state index < -0.39 is 0 Å². The van der Waals surface area contributed by atoms with Crippen LogP contribution in [0.2, 0.25) is 0 Å². The molecular formula is C23H24N4OS. The number of piperazine rings is 1. The lowest BCUT2D eigenvalue weighted by Crippen LogP contribution is -2.46. The first kappa shape index (κ1) is 18.4. The Bertz CT molecular complexity index is 1030. The highest BCUT2D eigenvalue weighted by Crippen LogP contribution is 2.36. The van der Waals surface area contributed by atoms with Gasteiger partial charge in [-0.15, -0.1) is 0 Å². The van der Waals surface area contributed by atoms with Gasteiger partial charge in [0.25, 0.3) is 0 Å². The summed E-state index contributed by atoms with van der Waals surface area (Å²) in [6.45, 7) is 4.18. The topological polar surface area (TPSA) is 48.3 Å². The number of benzene rings is 1. The van der Waals surface area contributed by atoms with Crippen LogP contribution in [0.4, 0.5) is 0 Å². The van der Waals surface area contributed by atoms with Gasteiger partial charge < -0.3 is 9.32 Å². The van der Waals surface area contributed by atoms with E-state index in [1.54, 1.807) is 17.6 Å². The number of likely N-dealkylation sites (N-methyl/N-ethyl adjacent to an activating group) is 1. The molecule has 1 fully saturated rings. The molecule has 6 heteroatoms. The number of hydrogen-bond donors (Lipinski definition) is 1. The number of rotatable bonds is 5. The summed E-state index contributed by atoms with van der Waals surface area (Å²) in [6.07, 6.45) is 3.72. The summed E-state index contributed by atoms with van der Waals surface area (Å²) in [5.41, 5.74) is 5.86. The average molecular weight is 405 g/mol. The molecule has 4 aromatic rings. The molecule has 3 aromatic heterocycles. The van der Waals surface area contributed by atoms with E-state index in [9.17, 15) is 0 Å². The van der Waals surface area contributed by atoms with E-state index >= 15 is 0 Å². The van der Waals surface area contributed by atoms with E-state index in [1.165, 1.54) is 16.7 Å². The first-order valence-electron chi connectivity index (χ1n) is 9.92. The van der Waals surface area contributed by atoms with Crippen molar-refractivity contribution in [3.63, 3.8) is 0 Å². The molecule has 0 saturated carbocycles. The molecule has 1 unspecified atom stereocenters. The molecule has 4 heterocycles. The Hall–Kier alpha value is -2.67. The fourth-order valence-corrected chi connectivity index (χ4v) is 4.74. The maximum atomic E-state index is 5.67. The van der Waals surface area contributed by atoms with Crippen molar-refractivity contribution in [1.29, 1.82) is 0 Å².